The average molecular weight is 382 g/mol. The quantitative estimate of drug-likeness (QED) is 0.533. The minimum Gasteiger partial charge on any atom is -0.339 e. The number of benzene rings is 2. The number of thiazole rings is 1. The molecule has 2 aromatic carbocycles. The van der Waals surface area contributed by atoms with Crippen LogP contribution in [0.3, 0.4) is 0 Å². The SMILES string of the molecule is O=C(CCCc1nc(-c2ccccc2)no1)Nc1nc2ccc(F)cc2s1. The van der Waals surface area contributed by atoms with E-state index in [2.05, 4.69) is 20.4 Å². The van der Waals surface area contributed by atoms with E-state index in [9.17, 15) is 9.18 Å². The van der Waals surface area contributed by atoms with E-state index in [0.29, 0.717) is 46.3 Å². The van der Waals surface area contributed by atoms with Crippen LogP contribution in [0.25, 0.3) is 21.6 Å². The first-order chi connectivity index (χ1) is 13.2. The van der Waals surface area contributed by atoms with Crippen molar-refractivity contribution in [2.24, 2.45) is 0 Å². The van der Waals surface area contributed by atoms with Gasteiger partial charge in [0.2, 0.25) is 17.6 Å². The maximum Gasteiger partial charge on any atom is 0.226 e. The summed E-state index contributed by atoms with van der Waals surface area (Å²) >= 11 is 1.25. The molecule has 2 heterocycles. The van der Waals surface area contributed by atoms with Crippen LogP contribution in [-0.4, -0.2) is 21.0 Å². The molecule has 1 N–H and O–H groups in total. The van der Waals surface area contributed by atoms with Crippen molar-refractivity contribution in [3.8, 4) is 11.4 Å². The molecule has 0 fully saturated rings. The van der Waals surface area contributed by atoms with Crippen molar-refractivity contribution in [2.45, 2.75) is 19.3 Å². The standard InChI is InChI=1S/C19H15FN4O2S/c20-13-9-10-14-15(11-13)27-19(21-14)22-16(25)7-4-8-17-23-18(24-26-17)12-5-2-1-3-6-12/h1-3,5-6,9-11H,4,7-8H2,(H,21,22,25). The lowest BCUT2D eigenvalue weighted by molar-refractivity contribution is -0.116. The number of nitrogens with one attached hydrogen (secondary N) is 1. The Morgan fingerprint density at radius 3 is 2.85 bits per heavy atom. The summed E-state index contributed by atoms with van der Waals surface area (Å²) in [6.45, 7) is 0. The van der Waals surface area contributed by atoms with Gasteiger partial charge in [0.25, 0.3) is 0 Å². The summed E-state index contributed by atoms with van der Waals surface area (Å²) in [5.74, 6) is 0.560. The summed E-state index contributed by atoms with van der Waals surface area (Å²) in [7, 11) is 0. The zero-order valence-corrected chi connectivity index (χ0v) is 15.0. The molecule has 8 heteroatoms. The van der Waals surface area contributed by atoms with E-state index >= 15 is 0 Å². The predicted molar refractivity (Wildman–Crippen MR) is 101 cm³/mol. The molecule has 0 saturated heterocycles. The fourth-order valence-corrected chi connectivity index (χ4v) is 3.50. The normalized spacial score (nSPS) is 11.0. The van der Waals surface area contributed by atoms with Gasteiger partial charge in [0, 0.05) is 18.4 Å². The minimum absolute atomic E-state index is 0.155. The lowest BCUT2D eigenvalue weighted by atomic mass is 10.2. The molecular formula is C19H15FN4O2S. The second-order valence-corrected chi connectivity index (χ2v) is 6.94. The Morgan fingerprint density at radius 2 is 2.00 bits per heavy atom. The van der Waals surface area contributed by atoms with Gasteiger partial charge in [0.15, 0.2) is 5.13 Å². The highest BCUT2D eigenvalue weighted by Crippen LogP contribution is 2.26. The van der Waals surface area contributed by atoms with E-state index in [1.807, 2.05) is 30.3 Å². The summed E-state index contributed by atoms with van der Waals surface area (Å²) in [6, 6.07) is 13.9. The molecule has 1 amide bonds. The van der Waals surface area contributed by atoms with E-state index in [4.69, 9.17) is 4.52 Å². The van der Waals surface area contributed by atoms with Gasteiger partial charge in [0.05, 0.1) is 10.2 Å². The Balaban J connectivity index is 1.30. The van der Waals surface area contributed by atoms with E-state index in [-0.39, 0.29) is 11.7 Å². The molecule has 0 spiro atoms. The number of amides is 1. The van der Waals surface area contributed by atoms with Crippen LogP contribution in [0.1, 0.15) is 18.7 Å². The molecule has 0 atom stereocenters. The summed E-state index contributed by atoms with van der Waals surface area (Å²) in [5.41, 5.74) is 1.55. The van der Waals surface area contributed by atoms with Crippen molar-refractivity contribution in [3.63, 3.8) is 0 Å². The van der Waals surface area contributed by atoms with Gasteiger partial charge in [0.1, 0.15) is 5.82 Å². The van der Waals surface area contributed by atoms with Crippen molar-refractivity contribution >= 4 is 32.6 Å². The molecule has 0 radical (unpaired) electrons. The minimum atomic E-state index is -0.321. The van der Waals surface area contributed by atoms with Gasteiger partial charge >= 0.3 is 0 Å². The van der Waals surface area contributed by atoms with Crippen LogP contribution in [0.15, 0.2) is 53.1 Å². The summed E-state index contributed by atoms with van der Waals surface area (Å²) < 4.78 is 19.1. The zero-order chi connectivity index (χ0) is 18.6. The van der Waals surface area contributed by atoms with Gasteiger partial charge in [-0.2, -0.15) is 4.98 Å². The zero-order valence-electron chi connectivity index (χ0n) is 14.2. The number of hydrogen-bond donors (Lipinski definition) is 1. The van der Waals surface area contributed by atoms with Gasteiger partial charge in [-0.15, -0.1) is 0 Å². The number of fused-ring (bicyclic) bond motifs is 1. The molecule has 2 aromatic heterocycles. The topological polar surface area (TPSA) is 80.9 Å². The van der Waals surface area contributed by atoms with Crippen LogP contribution >= 0.6 is 11.3 Å². The third-order valence-corrected chi connectivity index (χ3v) is 4.82. The number of hydrogen-bond acceptors (Lipinski definition) is 6. The Kier molecular flexibility index (Phi) is 4.88. The van der Waals surface area contributed by atoms with Crippen LogP contribution in [0.2, 0.25) is 0 Å². The molecule has 0 unspecified atom stereocenters. The largest absolute Gasteiger partial charge is 0.339 e. The lowest BCUT2D eigenvalue weighted by Gasteiger charge is -1.99. The van der Waals surface area contributed by atoms with Gasteiger partial charge < -0.3 is 9.84 Å². The number of carbonyl (C=O) groups is 1. The second kappa shape index (κ2) is 7.63. The van der Waals surface area contributed by atoms with E-state index in [1.54, 1.807) is 6.07 Å². The van der Waals surface area contributed by atoms with Crippen LogP contribution in [0.4, 0.5) is 9.52 Å². The Labute approximate surface area is 158 Å². The van der Waals surface area contributed by atoms with Crippen molar-refractivity contribution in [1.82, 2.24) is 15.1 Å². The van der Waals surface area contributed by atoms with Crippen LogP contribution < -0.4 is 5.32 Å². The highest BCUT2D eigenvalue weighted by atomic mass is 32.1. The number of carbonyl (C=O) groups excluding carboxylic acids is 1. The van der Waals surface area contributed by atoms with Crippen molar-refractivity contribution < 1.29 is 13.7 Å². The average Bonchev–Trinajstić information content (AvgIpc) is 3.28. The molecular weight excluding hydrogens is 367 g/mol. The van der Waals surface area contributed by atoms with Crippen LogP contribution in [0.5, 0.6) is 0 Å². The molecule has 4 rings (SSSR count). The number of aromatic nitrogens is 3. The number of nitrogens with zero attached hydrogens (tertiary/aromatic N) is 3. The predicted octanol–water partition coefficient (Wildman–Crippen LogP) is 4.45. The molecule has 0 bridgehead atoms. The Hall–Kier alpha value is -3.13. The molecule has 0 aliphatic carbocycles. The highest BCUT2D eigenvalue weighted by molar-refractivity contribution is 7.22. The first-order valence-electron chi connectivity index (χ1n) is 8.41. The lowest BCUT2D eigenvalue weighted by Crippen LogP contribution is -2.11. The Bertz CT molecular complexity index is 1080. The fraction of sp³-hybridized carbons (Fsp3) is 0.158. The smallest absolute Gasteiger partial charge is 0.226 e. The first kappa shape index (κ1) is 17.3. The monoisotopic (exact) mass is 382 g/mol. The molecule has 6 nitrogen and oxygen atoms in total. The van der Waals surface area contributed by atoms with Crippen molar-refractivity contribution in [3.05, 3.63) is 60.2 Å². The highest BCUT2D eigenvalue weighted by Gasteiger charge is 2.11. The number of halogens is 1. The summed E-state index contributed by atoms with van der Waals surface area (Å²) in [5, 5.41) is 7.17. The van der Waals surface area contributed by atoms with Gasteiger partial charge in [-0.3, -0.25) is 4.79 Å². The van der Waals surface area contributed by atoms with E-state index in [1.165, 1.54) is 23.5 Å². The summed E-state index contributed by atoms with van der Waals surface area (Å²) in [6.07, 6.45) is 1.38. The molecule has 0 aliphatic rings. The maximum absolute atomic E-state index is 13.2. The third-order valence-electron chi connectivity index (χ3n) is 3.89. The number of anilines is 1. The summed E-state index contributed by atoms with van der Waals surface area (Å²) in [4.78, 5) is 20.7. The van der Waals surface area contributed by atoms with Crippen LogP contribution in [0, 0.1) is 5.82 Å². The van der Waals surface area contributed by atoms with Crippen LogP contribution in [-0.2, 0) is 11.2 Å². The van der Waals surface area contributed by atoms with Crippen molar-refractivity contribution in [2.75, 3.05) is 5.32 Å². The maximum atomic E-state index is 13.2. The Morgan fingerprint density at radius 1 is 1.15 bits per heavy atom. The molecule has 4 aromatic rings. The van der Waals surface area contributed by atoms with Crippen molar-refractivity contribution in [1.29, 1.82) is 0 Å². The van der Waals surface area contributed by atoms with Gasteiger partial charge in [-0.25, -0.2) is 9.37 Å². The first-order valence-corrected chi connectivity index (χ1v) is 9.23. The molecule has 136 valence electrons. The third kappa shape index (κ3) is 4.17. The molecule has 0 aliphatic heterocycles. The van der Waals surface area contributed by atoms with Gasteiger partial charge in [-0.1, -0.05) is 46.8 Å². The molecule has 0 saturated carbocycles. The molecule has 27 heavy (non-hydrogen) atoms. The van der Waals surface area contributed by atoms with E-state index in [0.717, 1.165) is 5.56 Å². The fourth-order valence-electron chi connectivity index (χ4n) is 2.59. The number of rotatable bonds is 6. The number of aryl methyl sites for hydroxylation is 1. The second-order valence-electron chi connectivity index (χ2n) is 5.91. The van der Waals surface area contributed by atoms with E-state index < -0.39 is 0 Å². The van der Waals surface area contributed by atoms with Gasteiger partial charge in [-0.05, 0) is 24.6 Å².